The minimum absolute atomic E-state index is 0.0380. The number of para-hydroxylation sites is 1. The number of nitrogens with one attached hydrogen (secondary N) is 1. The average Bonchev–Trinajstić information content (AvgIpc) is 3.09. The molecule has 7 heteroatoms. The van der Waals surface area contributed by atoms with Crippen LogP contribution in [0, 0.1) is 5.92 Å². The molecule has 2 N–H and O–H groups in total. The van der Waals surface area contributed by atoms with Gasteiger partial charge in [-0.15, -0.1) is 0 Å². The highest BCUT2D eigenvalue weighted by Crippen LogP contribution is 2.51. The lowest BCUT2D eigenvalue weighted by molar-refractivity contribution is -0.165. The molecule has 0 radical (unpaired) electrons. The second-order valence-corrected chi connectivity index (χ2v) is 10.2. The fourth-order valence-corrected chi connectivity index (χ4v) is 5.13. The second kappa shape index (κ2) is 9.31. The Kier molecular flexibility index (Phi) is 6.60. The van der Waals surface area contributed by atoms with Gasteiger partial charge >= 0.3 is 5.97 Å². The number of amides is 1. The van der Waals surface area contributed by atoms with Gasteiger partial charge in [-0.1, -0.05) is 48.5 Å². The third-order valence-electron chi connectivity index (χ3n) is 5.95. The molecule has 0 unspecified atom stereocenters. The second-order valence-electron chi connectivity index (χ2n) is 9.39. The molecule has 0 saturated carbocycles. The van der Waals surface area contributed by atoms with Crippen molar-refractivity contribution in [3.63, 3.8) is 0 Å². The predicted molar refractivity (Wildman–Crippen MR) is 133 cm³/mol. The normalized spacial score (nSPS) is 19.1. The molecule has 3 atom stereocenters. The Morgan fingerprint density at radius 1 is 1.09 bits per heavy atom. The lowest BCUT2D eigenvalue weighted by Gasteiger charge is -2.37. The molecule has 0 fully saturated rings. The number of pyridine rings is 1. The van der Waals surface area contributed by atoms with Gasteiger partial charge in [-0.05, 0) is 72.4 Å². The van der Waals surface area contributed by atoms with Crippen molar-refractivity contribution in [1.82, 2.24) is 4.98 Å². The molecule has 2 heterocycles. The van der Waals surface area contributed by atoms with Crippen molar-refractivity contribution in [2.45, 2.75) is 44.3 Å². The highest BCUT2D eigenvalue weighted by atomic mass is 79.9. The molecule has 1 aromatic heterocycles. The summed E-state index contributed by atoms with van der Waals surface area (Å²) in [6, 6.07) is 19.9. The molecular weight excluding hydrogens is 496 g/mol. The third kappa shape index (κ3) is 4.38. The number of halogens is 1. The van der Waals surface area contributed by atoms with Crippen LogP contribution in [-0.2, 0) is 19.7 Å². The third-order valence-corrected chi connectivity index (χ3v) is 6.59. The number of aliphatic hydroxyl groups is 1. The summed E-state index contributed by atoms with van der Waals surface area (Å²) in [7, 11) is 0. The van der Waals surface area contributed by atoms with Crippen molar-refractivity contribution in [2.75, 3.05) is 5.32 Å². The van der Waals surface area contributed by atoms with Gasteiger partial charge in [-0.2, -0.15) is 0 Å². The Hall–Kier alpha value is -3.03. The van der Waals surface area contributed by atoms with E-state index in [1.807, 2.05) is 36.4 Å². The van der Waals surface area contributed by atoms with Gasteiger partial charge in [0, 0.05) is 16.4 Å². The Bertz CT molecular complexity index is 1210. The van der Waals surface area contributed by atoms with Crippen molar-refractivity contribution in [3.05, 3.63) is 94.2 Å². The van der Waals surface area contributed by atoms with E-state index in [0.717, 1.165) is 0 Å². The molecule has 0 bridgehead atoms. The number of carbonyl (C=O) groups excluding carboxylic acids is 2. The van der Waals surface area contributed by atoms with E-state index in [-0.39, 0.29) is 12.3 Å². The Balaban J connectivity index is 1.95. The van der Waals surface area contributed by atoms with Crippen LogP contribution in [0.5, 0.6) is 0 Å². The number of fused-ring (bicyclic) bond motifs is 1. The van der Waals surface area contributed by atoms with Gasteiger partial charge in [-0.3, -0.25) is 14.6 Å². The van der Waals surface area contributed by atoms with Gasteiger partial charge in [0.05, 0.1) is 17.7 Å². The van der Waals surface area contributed by atoms with E-state index < -0.39 is 29.0 Å². The first-order valence-electron chi connectivity index (χ1n) is 11.1. The SMILES string of the molecule is CC(C)(C)OC(=O)[C@@H](C[C@H](O)c1ccccc1)[C@]1(c2ncccc2Br)C(=O)Nc2ccccc21. The van der Waals surface area contributed by atoms with Crippen LogP contribution >= 0.6 is 15.9 Å². The largest absolute Gasteiger partial charge is 0.460 e. The molecule has 4 rings (SSSR count). The number of nitrogens with zero attached hydrogens (tertiary/aromatic N) is 1. The Labute approximate surface area is 207 Å². The van der Waals surface area contributed by atoms with Crippen molar-refractivity contribution in [3.8, 4) is 0 Å². The number of hydrogen-bond acceptors (Lipinski definition) is 5. The van der Waals surface area contributed by atoms with Crippen LogP contribution in [0.15, 0.2) is 77.4 Å². The summed E-state index contributed by atoms with van der Waals surface area (Å²) < 4.78 is 6.41. The van der Waals surface area contributed by atoms with Crippen molar-refractivity contribution >= 4 is 33.5 Å². The Morgan fingerprint density at radius 3 is 2.44 bits per heavy atom. The number of anilines is 1. The quantitative estimate of drug-likeness (QED) is 0.436. The van der Waals surface area contributed by atoms with Gasteiger partial charge in [0.1, 0.15) is 11.0 Å². The smallest absolute Gasteiger partial charge is 0.311 e. The van der Waals surface area contributed by atoms with Crippen LogP contribution in [0.3, 0.4) is 0 Å². The maximum Gasteiger partial charge on any atom is 0.311 e. The fraction of sp³-hybridized carbons (Fsp3) is 0.296. The molecule has 0 saturated heterocycles. The van der Waals surface area contributed by atoms with Crippen LogP contribution in [0.25, 0.3) is 0 Å². The van der Waals surface area contributed by atoms with Crippen molar-refractivity contribution in [2.24, 2.45) is 5.92 Å². The predicted octanol–water partition coefficient (Wildman–Crippen LogP) is 5.16. The average molecular weight is 523 g/mol. The number of carbonyl (C=O) groups is 2. The maximum absolute atomic E-state index is 13.9. The Morgan fingerprint density at radius 2 is 1.76 bits per heavy atom. The highest BCUT2D eigenvalue weighted by Gasteiger charge is 2.59. The van der Waals surface area contributed by atoms with Crippen LogP contribution < -0.4 is 5.32 Å². The molecule has 0 spiro atoms. The van der Waals surface area contributed by atoms with E-state index in [2.05, 4.69) is 26.2 Å². The van der Waals surface area contributed by atoms with Crippen LogP contribution in [0.4, 0.5) is 5.69 Å². The lowest BCUT2D eigenvalue weighted by Crippen LogP contribution is -2.49. The minimum Gasteiger partial charge on any atom is -0.460 e. The summed E-state index contributed by atoms with van der Waals surface area (Å²) >= 11 is 3.55. The van der Waals surface area contributed by atoms with Gasteiger partial charge in [0.2, 0.25) is 5.91 Å². The molecule has 3 aromatic rings. The summed E-state index contributed by atoms with van der Waals surface area (Å²) in [5.41, 5.74) is -0.0197. The zero-order valence-electron chi connectivity index (χ0n) is 19.3. The standard InChI is InChI=1S/C27H27BrN2O4/c1-26(2,3)34-24(32)19(16-22(31)17-10-5-4-6-11-17)27(23-20(28)13-9-15-29-23)18-12-7-8-14-21(18)30-25(27)33/h4-15,19,22,31H,16H2,1-3H3,(H,30,33)/t19-,22+,27-/m1/s1. The van der Waals surface area contributed by atoms with Gasteiger partial charge in [0.25, 0.3) is 0 Å². The van der Waals surface area contributed by atoms with Crippen LogP contribution in [-0.4, -0.2) is 27.6 Å². The molecule has 2 aromatic carbocycles. The summed E-state index contributed by atoms with van der Waals surface area (Å²) in [6.07, 6.45) is 0.554. The van der Waals surface area contributed by atoms with Crippen molar-refractivity contribution < 1.29 is 19.4 Å². The fourth-order valence-electron chi connectivity index (χ4n) is 4.56. The number of esters is 1. The monoisotopic (exact) mass is 522 g/mol. The first-order chi connectivity index (χ1) is 16.1. The van der Waals surface area contributed by atoms with E-state index in [4.69, 9.17) is 4.74 Å². The molecule has 6 nitrogen and oxygen atoms in total. The summed E-state index contributed by atoms with van der Waals surface area (Å²) in [4.78, 5) is 32.2. The topological polar surface area (TPSA) is 88.5 Å². The van der Waals surface area contributed by atoms with E-state index in [1.165, 1.54) is 0 Å². The number of aromatic nitrogens is 1. The number of rotatable bonds is 6. The summed E-state index contributed by atoms with van der Waals surface area (Å²) in [5.74, 6) is -2.02. The number of ether oxygens (including phenoxy) is 1. The summed E-state index contributed by atoms with van der Waals surface area (Å²) in [5, 5.41) is 14.1. The van der Waals surface area contributed by atoms with Gasteiger partial charge in [0.15, 0.2) is 0 Å². The highest BCUT2D eigenvalue weighted by molar-refractivity contribution is 9.10. The first-order valence-corrected chi connectivity index (χ1v) is 11.9. The molecular formula is C27H27BrN2O4. The van der Waals surface area contributed by atoms with E-state index in [1.54, 1.807) is 57.3 Å². The van der Waals surface area contributed by atoms with E-state index in [0.29, 0.717) is 27.0 Å². The van der Waals surface area contributed by atoms with Crippen molar-refractivity contribution in [1.29, 1.82) is 0 Å². The zero-order valence-corrected chi connectivity index (χ0v) is 20.9. The van der Waals surface area contributed by atoms with E-state index >= 15 is 0 Å². The number of hydrogen-bond donors (Lipinski definition) is 2. The summed E-state index contributed by atoms with van der Waals surface area (Å²) in [6.45, 7) is 5.34. The zero-order chi connectivity index (χ0) is 24.5. The van der Waals surface area contributed by atoms with Crippen LogP contribution in [0.2, 0.25) is 0 Å². The minimum atomic E-state index is -1.51. The molecule has 34 heavy (non-hydrogen) atoms. The maximum atomic E-state index is 13.9. The molecule has 176 valence electrons. The molecule has 1 aliphatic heterocycles. The molecule has 1 amide bonds. The number of benzene rings is 2. The van der Waals surface area contributed by atoms with Gasteiger partial charge in [-0.25, -0.2) is 0 Å². The van der Waals surface area contributed by atoms with Crippen LogP contribution in [0.1, 0.15) is 50.1 Å². The lowest BCUT2D eigenvalue weighted by atomic mass is 9.66. The number of aliphatic hydroxyl groups excluding tert-OH is 1. The molecule has 0 aliphatic carbocycles. The first kappa shape index (κ1) is 24.1. The van der Waals surface area contributed by atoms with Gasteiger partial charge < -0.3 is 15.2 Å². The molecule has 1 aliphatic rings. The van der Waals surface area contributed by atoms with E-state index in [9.17, 15) is 14.7 Å².